The number of aliphatic hydroxyl groups excluding tert-OH is 6. The van der Waals surface area contributed by atoms with Gasteiger partial charge in [0.1, 0.15) is 48.7 Å². The van der Waals surface area contributed by atoms with Crippen molar-refractivity contribution in [2.45, 2.75) is 75.1 Å². The van der Waals surface area contributed by atoms with Gasteiger partial charge in [0, 0.05) is 21.0 Å². The Kier molecular flexibility index (Phi) is 13.0. The van der Waals surface area contributed by atoms with E-state index in [4.69, 9.17) is 29.2 Å². The van der Waals surface area contributed by atoms with Crippen LogP contribution in [0.2, 0.25) is 0 Å². The van der Waals surface area contributed by atoms with E-state index in [1.165, 1.54) is 27.0 Å². The molecule has 2 unspecified atom stereocenters. The fourth-order valence-electron chi connectivity index (χ4n) is 3.45. The largest absolute Gasteiger partial charge is 0.394 e. The maximum absolute atomic E-state index is 11.1. The second kappa shape index (κ2) is 14.6. The molecule has 2 saturated heterocycles. The van der Waals surface area contributed by atoms with Crippen LogP contribution in [0, 0.1) is 0 Å². The molecule has 0 spiro atoms. The number of ether oxygens (including phenoxy) is 4. The molecule has 0 aromatic heterocycles. The van der Waals surface area contributed by atoms with Gasteiger partial charge in [-0.25, -0.2) is 0 Å². The van der Waals surface area contributed by atoms with E-state index in [1.807, 2.05) is 0 Å². The molecule has 34 heavy (non-hydrogen) atoms. The number of rotatable bonds is 8. The number of carbonyl (C=O) groups is 2. The summed E-state index contributed by atoms with van der Waals surface area (Å²) in [7, 11) is 1.35. The summed E-state index contributed by atoms with van der Waals surface area (Å²) in [6.07, 6.45) is -7.36. The molecule has 0 radical (unpaired) electrons. The molecule has 0 saturated carbocycles. The maximum atomic E-state index is 11.1. The molecule has 2 aliphatic heterocycles. The van der Waals surface area contributed by atoms with E-state index in [1.54, 1.807) is 0 Å². The second-order valence-corrected chi connectivity index (χ2v) is 7.72. The first-order valence-electron chi connectivity index (χ1n) is 10.6. The van der Waals surface area contributed by atoms with Gasteiger partial charge >= 0.3 is 0 Å². The van der Waals surface area contributed by atoms with Crippen molar-refractivity contribution in [3.05, 3.63) is 12.7 Å². The minimum absolute atomic E-state index is 0.154. The lowest BCUT2D eigenvalue weighted by Crippen LogP contribution is -2.64. The highest BCUT2D eigenvalue weighted by atomic mass is 16.7. The molecule has 14 nitrogen and oxygen atoms in total. The van der Waals surface area contributed by atoms with Crippen LogP contribution in [0.5, 0.6) is 0 Å². The molecule has 2 aliphatic rings. The van der Waals surface area contributed by atoms with Crippen LogP contribution in [-0.2, 0) is 28.5 Å². The molecule has 10 atom stereocenters. The molecule has 0 aromatic carbocycles. The minimum Gasteiger partial charge on any atom is -0.394 e. The standard InChI is InChI=1S/C11H19NO6.C9H17NO6/c1-3-4-17-11-8(12-6(2)14)10(16)9(15)7(5-13)18-11;1-4(12)10-6-8(14)7(13)5(3-11)16-9(6)15-2/h3,7-11,13,15-16H,1,4-5H2,2H3,(H,12,14);5-9,11,13-14H,3H2,1-2H3,(H,10,12)/t7-,8-,9-,10-,11?;5-,6-,7-,8-,9?/m11/s1. The number of carbonyl (C=O) groups excluding carboxylic acids is 2. The number of methoxy groups -OCH3 is 1. The highest BCUT2D eigenvalue weighted by Gasteiger charge is 2.46. The first kappa shape index (κ1) is 30.3. The van der Waals surface area contributed by atoms with Crippen LogP contribution >= 0.6 is 0 Å². The third-order valence-corrected chi connectivity index (χ3v) is 5.11. The van der Waals surface area contributed by atoms with Gasteiger partial charge in [-0.15, -0.1) is 6.58 Å². The average molecular weight is 497 g/mol. The lowest BCUT2D eigenvalue weighted by molar-refractivity contribution is -0.267. The summed E-state index contributed by atoms with van der Waals surface area (Å²) in [4.78, 5) is 22.0. The molecule has 2 rings (SSSR count). The number of hydrogen-bond acceptors (Lipinski definition) is 12. The maximum Gasteiger partial charge on any atom is 0.217 e. The SMILES string of the molecule is C=CCOC1O[C@H](CO)[C@@H](O)[C@H](O)[C@H]1NC(C)=O.COC1O[C@H](CO)[C@@H](O)[C@H](O)[C@H]1NC(C)=O. The zero-order valence-electron chi connectivity index (χ0n) is 19.3. The third-order valence-electron chi connectivity index (χ3n) is 5.11. The average Bonchev–Trinajstić information content (AvgIpc) is 2.79. The Bertz CT molecular complexity index is 651. The normalized spacial score (nSPS) is 37.7. The van der Waals surface area contributed by atoms with Crippen LogP contribution in [0.3, 0.4) is 0 Å². The highest BCUT2D eigenvalue weighted by molar-refractivity contribution is 5.73. The smallest absolute Gasteiger partial charge is 0.217 e. The van der Waals surface area contributed by atoms with Crippen LogP contribution in [-0.4, -0.2) is 131 Å². The highest BCUT2D eigenvalue weighted by Crippen LogP contribution is 2.23. The summed E-state index contributed by atoms with van der Waals surface area (Å²) in [6, 6.07) is -1.76. The summed E-state index contributed by atoms with van der Waals surface area (Å²) >= 11 is 0. The molecule has 0 aliphatic carbocycles. The molecular weight excluding hydrogens is 460 g/mol. The second-order valence-electron chi connectivity index (χ2n) is 7.72. The zero-order valence-corrected chi connectivity index (χ0v) is 19.3. The number of hydrogen-bond donors (Lipinski definition) is 8. The van der Waals surface area contributed by atoms with Gasteiger partial charge in [0.25, 0.3) is 0 Å². The molecule has 2 fully saturated rings. The lowest BCUT2D eigenvalue weighted by Gasteiger charge is -2.42. The quantitative estimate of drug-likeness (QED) is 0.150. The number of amides is 2. The summed E-state index contributed by atoms with van der Waals surface area (Å²) in [6.45, 7) is 5.29. The molecule has 198 valence electrons. The van der Waals surface area contributed by atoms with Gasteiger partial charge in [-0.2, -0.15) is 0 Å². The summed E-state index contributed by atoms with van der Waals surface area (Å²) in [5.74, 6) is -0.756. The first-order chi connectivity index (χ1) is 16.0. The van der Waals surface area contributed by atoms with Gasteiger partial charge in [-0.3, -0.25) is 9.59 Å². The number of nitrogens with one attached hydrogen (secondary N) is 2. The van der Waals surface area contributed by atoms with E-state index < -0.39 is 74.5 Å². The van der Waals surface area contributed by atoms with Crippen LogP contribution in [0.15, 0.2) is 12.7 Å². The molecule has 2 amide bonds. The fourth-order valence-corrected chi connectivity index (χ4v) is 3.45. The van der Waals surface area contributed by atoms with E-state index in [0.717, 1.165) is 0 Å². The van der Waals surface area contributed by atoms with Crippen LogP contribution in [0.25, 0.3) is 0 Å². The summed E-state index contributed by atoms with van der Waals surface area (Å²) in [5, 5.41) is 61.8. The number of aliphatic hydroxyl groups is 6. The van der Waals surface area contributed by atoms with Crippen molar-refractivity contribution >= 4 is 11.8 Å². The van der Waals surface area contributed by atoms with Crippen molar-refractivity contribution in [3.8, 4) is 0 Å². The molecule has 0 bridgehead atoms. The van der Waals surface area contributed by atoms with Crippen molar-refractivity contribution < 1.29 is 59.2 Å². The van der Waals surface area contributed by atoms with E-state index >= 15 is 0 Å². The Labute approximate surface area is 197 Å². The Morgan fingerprint density at radius 2 is 1.26 bits per heavy atom. The van der Waals surface area contributed by atoms with E-state index in [-0.39, 0.29) is 18.4 Å². The zero-order chi connectivity index (χ0) is 26.0. The van der Waals surface area contributed by atoms with Crippen LogP contribution in [0.1, 0.15) is 13.8 Å². The minimum atomic E-state index is -1.30. The third kappa shape index (κ3) is 8.20. The Balaban J connectivity index is 0.000000342. The van der Waals surface area contributed by atoms with Crippen molar-refractivity contribution in [1.82, 2.24) is 10.6 Å². The van der Waals surface area contributed by atoms with Gasteiger partial charge in [0.15, 0.2) is 12.6 Å². The van der Waals surface area contributed by atoms with Crippen molar-refractivity contribution in [1.29, 1.82) is 0 Å². The van der Waals surface area contributed by atoms with Gasteiger partial charge in [-0.05, 0) is 0 Å². The van der Waals surface area contributed by atoms with E-state index in [2.05, 4.69) is 17.2 Å². The van der Waals surface area contributed by atoms with Gasteiger partial charge in [0.2, 0.25) is 11.8 Å². The predicted octanol–water partition coefficient (Wildman–Crippen LogP) is -4.29. The summed E-state index contributed by atoms with van der Waals surface area (Å²) < 4.78 is 20.7. The van der Waals surface area contributed by atoms with Crippen LogP contribution < -0.4 is 10.6 Å². The fraction of sp³-hybridized carbons (Fsp3) is 0.800. The Morgan fingerprint density at radius 3 is 1.62 bits per heavy atom. The topological polar surface area (TPSA) is 216 Å². The van der Waals surface area contributed by atoms with Crippen molar-refractivity contribution in [3.63, 3.8) is 0 Å². The summed E-state index contributed by atoms with van der Waals surface area (Å²) in [5.41, 5.74) is 0. The first-order valence-corrected chi connectivity index (χ1v) is 10.6. The van der Waals surface area contributed by atoms with Crippen molar-refractivity contribution in [2.24, 2.45) is 0 Å². The van der Waals surface area contributed by atoms with Crippen molar-refractivity contribution in [2.75, 3.05) is 26.9 Å². The van der Waals surface area contributed by atoms with Crippen LogP contribution in [0.4, 0.5) is 0 Å². The molecule has 2 heterocycles. The van der Waals surface area contributed by atoms with Gasteiger partial charge in [-0.1, -0.05) is 6.08 Å². The van der Waals surface area contributed by atoms with Gasteiger partial charge < -0.3 is 60.2 Å². The molecule has 0 aromatic rings. The molecule has 14 heteroatoms. The monoisotopic (exact) mass is 496 g/mol. The molecular formula is C20H36N2O12. The molecule has 8 N–H and O–H groups in total. The van der Waals surface area contributed by atoms with E-state index in [0.29, 0.717) is 0 Å². The Morgan fingerprint density at radius 1 is 0.853 bits per heavy atom. The lowest BCUT2D eigenvalue weighted by atomic mass is 9.97. The van der Waals surface area contributed by atoms with E-state index in [9.17, 15) is 30.0 Å². The van der Waals surface area contributed by atoms with Gasteiger partial charge in [0.05, 0.1) is 19.8 Å². The Hall–Kier alpha value is -1.72. The predicted molar refractivity (Wildman–Crippen MR) is 114 cm³/mol.